The minimum absolute atomic E-state index is 0.575. The summed E-state index contributed by atoms with van der Waals surface area (Å²) in [4.78, 5) is 9.29. The number of aliphatic imine (C=N–C) groups is 1. The zero-order valence-electron chi connectivity index (χ0n) is 13.7. The van der Waals surface area contributed by atoms with Crippen molar-refractivity contribution in [2.24, 2.45) is 16.6 Å². The van der Waals surface area contributed by atoms with Crippen LogP contribution >= 0.6 is 23.4 Å². The molecule has 2 N–H and O–H groups in total. The molecule has 0 spiro atoms. The van der Waals surface area contributed by atoms with Gasteiger partial charge in [0.1, 0.15) is 0 Å². The molecular formula is C17H25ClN4S. The van der Waals surface area contributed by atoms with Crippen molar-refractivity contribution in [1.29, 1.82) is 0 Å². The molecule has 1 aromatic carbocycles. The molecule has 2 fully saturated rings. The van der Waals surface area contributed by atoms with Crippen LogP contribution in [0.15, 0.2) is 23.2 Å². The van der Waals surface area contributed by atoms with Crippen LogP contribution < -0.4 is 10.6 Å². The van der Waals surface area contributed by atoms with Crippen LogP contribution in [0.3, 0.4) is 0 Å². The van der Waals surface area contributed by atoms with Crippen LogP contribution in [-0.2, 0) is 0 Å². The van der Waals surface area contributed by atoms with Gasteiger partial charge in [-0.05, 0) is 37.0 Å². The monoisotopic (exact) mass is 352 g/mol. The molecule has 2 aliphatic heterocycles. The number of hydrogen-bond acceptors (Lipinski definition) is 3. The summed E-state index contributed by atoms with van der Waals surface area (Å²) in [5.74, 6) is 3.61. The molecule has 1 unspecified atom stereocenters. The van der Waals surface area contributed by atoms with Crippen LogP contribution in [0.4, 0.5) is 5.69 Å². The third kappa shape index (κ3) is 4.27. The van der Waals surface area contributed by atoms with Gasteiger partial charge in [0.2, 0.25) is 0 Å². The Bertz CT molecular complexity index is 572. The molecule has 2 saturated heterocycles. The average molecular weight is 353 g/mol. The van der Waals surface area contributed by atoms with Gasteiger partial charge in [-0.2, -0.15) is 11.8 Å². The van der Waals surface area contributed by atoms with Crippen LogP contribution in [0.2, 0.25) is 5.02 Å². The molecule has 3 rings (SSSR count). The van der Waals surface area contributed by atoms with E-state index in [1.54, 1.807) is 0 Å². The first-order chi connectivity index (χ1) is 11.1. The molecule has 0 bridgehead atoms. The van der Waals surface area contributed by atoms with Crippen LogP contribution in [0, 0.1) is 12.8 Å². The molecule has 6 heteroatoms. The van der Waals surface area contributed by atoms with Crippen molar-refractivity contribution >= 4 is 35.0 Å². The van der Waals surface area contributed by atoms with Crippen molar-refractivity contribution in [3.05, 3.63) is 28.8 Å². The molecule has 23 heavy (non-hydrogen) atoms. The van der Waals surface area contributed by atoms with Crippen molar-refractivity contribution in [3.63, 3.8) is 0 Å². The van der Waals surface area contributed by atoms with E-state index in [0.29, 0.717) is 5.92 Å². The summed E-state index contributed by atoms with van der Waals surface area (Å²) in [5, 5.41) is 0.805. The standard InChI is InChI=1S/C17H25ClN4S/c1-13-2-3-15(18)10-16(13)22-5-4-14(12-22)11-20-17(19)21-6-8-23-9-7-21/h2-3,10,14H,4-9,11-12H2,1H3,(H2,19,20). The second-order valence-electron chi connectivity index (χ2n) is 6.33. The van der Waals surface area contributed by atoms with Crippen molar-refractivity contribution in [2.75, 3.05) is 49.1 Å². The molecule has 1 aromatic rings. The number of nitrogens with zero attached hydrogens (tertiary/aromatic N) is 3. The highest BCUT2D eigenvalue weighted by atomic mass is 35.5. The molecule has 0 amide bonds. The third-order valence-electron chi connectivity index (χ3n) is 4.64. The number of rotatable bonds is 3. The van der Waals surface area contributed by atoms with Gasteiger partial charge in [0.15, 0.2) is 5.96 Å². The lowest BCUT2D eigenvalue weighted by Crippen LogP contribution is -2.43. The van der Waals surface area contributed by atoms with Gasteiger partial charge in [0, 0.05) is 54.9 Å². The molecule has 0 saturated carbocycles. The van der Waals surface area contributed by atoms with E-state index >= 15 is 0 Å². The van der Waals surface area contributed by atoms with Crippen LogP contribution in [0.25, 0.3) is 0 Å². The van der Waals surface area contributed by atoms with E-state index in [0.717, 1.165) is 55.2 Å². The third-order valence-corrected chi connectivity index (χ3v) is 5.82. The number of thioether (sulfide) groups is 1. The number of guanidine groups is 1. The number of hydrogen-bond donors (Lipinski definition) is 1. The lowest BCUT2D eigenvalue weighted by atomic mass is 10.1. The molecule has 0 aliphatic carbocycles. The van der Waals surface area contributed by atoms with Gasteiger partial charge in [-0.1, -0.05) is 17.7 Å². The van der Waals surface area contributed by atoms with Gasteiger partial charge in [-0.25, -0.2) is 0 Å². The van der Waals surface area contributed by atoms with Gasteiger partial charge in [0.05, 0.1) is 0 Å². The second-order valence-corrected chi connectivity index (χ2v) is 7.99. The van der Waals surface area contributed by atoms with Gasteiger partial charge >= 0.3 is 0 Å². The maximum atomic E-state index is 6.15. The summed E-state index contributed by atoms with van der Waals surface area (Å²) < 4.78 is 0. The summed E-state index contributed by atoms with van der Waals surface area (Å²) in [6.07, 6.45) is 1.17. The number of aryl methyl sites for hydroxylation is 1. The molecule has 2 aliphatic rings. The molecule has 0 aromatic heterocycles. The fraction of sp³-hybridized carbons (Fsp3) is 0.588. The Labute approximate surface area is 148 Å². The predicted octanol–water partition coefficient (Wildman–Crippen LogP) is 2.84. The molecular weight excluding hydrogens is 328 g/mol. The highest BCUT2D eigenvalue weighted by Crippen LogP contribution is 2.29. The first-order valence-corrected chi connectivity index (χ1v) is 9.80. The van der Waals surface area contributed by atoms with Gasteiger partial charge < -0.3 is 15.5 Å². The summed E-state index contributed by atoms with van der Waals surface area (Å²) >= 11 is 8.14. The van der Waals surface area contributed by atoms with E-state index in [1.165, 1.54) is 17.7 Å². The fourth-order valence-electron chi connectivity index (χ4n) is 3.24. The molecule has 0 radical (unpaired) electrons. The lowest BCUT2D eigenvalue weighted by Gasteiger charge is -2.27. The predicted molar refractivity (Wildman–Crippen MR) is 102 cm³/mol. The Morgan fingerprint density at radius 2 is 2.13 bits per heavy atom. The summed E-state index contributed by atoms with van der Waals surface area (Å²) in [7, 11) is 0. The van der Waals surface area contributed by atoms with Gasteiger partial charge in [0.25, 0.3) is 0 Å². The molecule has 4 nitrogen and oxygen atoms in total. The van der Waals surface area contributed by atoms with Crippen molar-refractivity contribution < 1.29 is 0 Å². The Hall–Kier alpha value is -1.07. The average Bonchev–Trinajstić information content (AvgIpc) is 3.04. The summed E-state index contributed by atoms with van der Waals surface area (Å²) in [6, 6.07) is 6.12. The first kappa shape index (κ1) is 16.8. The zero-order chi connectivity index (χ0) is 16.2. The number of anilines is 1. The van der Waals surface area contributed by atoms with Crippen LogP contribution in [0.1, 0.15) is 12.0 Å². The smallest absolute Gasteiger partial charge is 0.191 e. The number of benzene rings is 1. The quantitative estimate of drug-likeness (QED) is 0.671. The lowest BCUT2D eigenvalue weighted by molar-refractivity contribution is 0.452. The van der Waals surface area contributed by atoms with E-state index in [-0.39, 0.29) is 0 Å². The molecule has 2 heterocycles. The SMILES string of the molecule is Cc1ccc(Cl)cc1N1CCC(CN=C(N)N2CCSCC2)C1. The van der Waals surface area contributed by atoms with Crippen molar-refractivity contribution in [3.8, 4) is 0 Å². The Morgan fingerprint density at radius 3 is 2.91 bits per heavy atom. The largest absolute Gasteiger partial charge is 0.371 e. The maximum Gasteiger partial charge on any atom is 0.191 e. The highest BCUT2D eigenvalue weighted by Gasteiger charge is 2.24. The van der Waals surface area contributed by atoms with Crippen molar-refractivity contribution in [1.82, 2.24) is 4.90 Å². The molecule has 1 atom stereocenters. The number of halogens is 1. The van der Waals surface area contributed by atoms with E-state index in [2.05, 4.69) is 33.8 Å². The Balaban J connectivity index is 1.56. The van der Waals surface area contributed by atoms with Gasteiger partial charge in [-0.15, -0.1) is 0 Å². The summed E-state index contributed by atoms with van der Waals surface area (Å²) in [5.41, 5.74) is 8.69. The van der Waals surface area contributed by atoms with Crippen molar-refractivity contribution in [2.45, 2.75) is 13.3 Å². The van der Waals surface area contributed by atoms with E-state index in [9.17, 15) is 0 Å². The van der Waals surface area contributed by atoms with Crippen LogP contribution in [-0.4, -0.2) is 55.1 Å². The van der Waals surface area contributed by atoms with E-state index in [1.807, 2.05) is 17.8 Å². The highest BCUT2D eigenvalue weighted by molar-refractivity contribution is 7.99. The minimum Gasteiger partial charge on any atom is -0.371 e. The zero-order valence-corrected chi connectivity index (χ0v) is 15.2. The Kier molecular flexibility index (Phi) is 5.59. The maximum absolute atomic E-state index is 6.15. The normalized spacial score (nSPS) is 22.7. The fourth-order valence-corrected chi connectivity index (χ4v) is 4.31. The van der Waals surface area contributed by atoms with Crippen LogP contribution in [0.5, 0.6) is 0 Å². The Morgan fingerprint density at radius 1 is 1.35 bits per heavy atom. The van der Waals surface area contributed by atoms with E-state index < -0.39 is 0 Å². The molecule has 126 valence electrons. The second kappa shape index (κ2) is 7.67. The van der Waals surface area contributed by atoms with E-state index in [4.69, 9.17) is 17.3 Å². The first-order valence-electron chi connectivity index (χ1n) is 8.27. The van der Waals surface area contributed by atoms with Gasteiger partial charge in [-0.3, -0.25) is 4.99 Å². The minimum atomic E-state index is 0.575. The number of nitrogens with two attached hydrogens (primary N) is 1. The topological polar surface area (TPSA) is 44.9 Å². The summed E-state index contributed by atoms with van der Waals surface area (Å²) in [6.45, 7) is 7.13.